The van der Waals surface area contributed by atoms with E-state index in [9.17, 15) is 4.79 Å². The van der Waals surface area contributed by atoms with Crippen LogP contribution in [0.4, 0.5) is 0 Å². The molecule has 0 N–H and O–H groups in total. The van der Waals surface area contributed by atoms with E-state index in [0.717, 1.165) is 18.4 Å². The summed E-state index contributed by atoms with van der Waals surface area (Å²) in [6, 6.07) is 15.1. The molecule has 0 spiro atoms. The van der Waals surface area contributed by atoms with E-state index in [1.807, 2.05) is 0 Å². The summed E-state index contributed by atoms with van der Waals surface area (Å²) in [4.78, 5) is 11.7. The van der Waals surface area contributed by atoms with E-state index in [-0.39, 0.29) is 12.6 Å². The third kappa shape index (κ3) is 2.22. The summed E-state index contributed by atoms with van der Waals surface area (Å²) in [6.07, 6.45) is 2.16. The summed E-state index contributed by atoms with van der Waals surface area (Å²) >= 11 is 0. The molecule has 0 unspecified atom stereocenters. The number of esters is 1. The Morgan fingerprint density at radius 1 is 1.04 bits per heavy atom. The van der Waals surface area contributed by atoms with Crippen molar-refractivity contribution in [3.05, 3.63) is 71.3 Å². The van der Waals surface area contributed by atoms with Crippen LogP contribution >= 0.6 is 0 Å². The fourth-order valence-corrected chi connectivity index (χ4v) is 3.51. The van der Waals surface area contributed by atoms with E-state index < -0.39 is 0 Å². The second-order valence-corrected chi connectivity index (χ2v) is 6.24. The monoisotopic (exact) mass is 302 g/mol. The SMILES string of the molecule is C=C(C)C(=O)OCc1ccc2c3c1ccc1cccc(c13)CC2. The second kappa shape index (κ2) is 5.24. The highest BCUT2D eigenvalue weighted by Crippen LogP contribution is 2.37. The van der Waals surface area contributed by atoms with Crippen LogP contribution in [-0.4, -0.2) is 5.97 Å². The zero-order chi connectivity index (χ0) is 16.0. The normalized spacial score (nSPS) is 12.7. The number of rotatable bonds is 3. The first-order valence-electron chi connectivity index (χ1n) is 7.93. The van der Waals surface area contributed by atoms with Gasteiger partial charge in [0.1, 0.15) is 6.61 Å². The second-order valence-electron chi connectivity index (χ2n) is 6.24. The molecule has 0 saturated heterocycles. The Morgan fingerprint density at radius 3 is 2.61 bits per heavy atom. The van der Waals surface area contributed by atoms with Crippen molar-refractivity contribution in [2.75, 3.05) is 0 Å². The molecule has 2 nitrogen and oxygen atoms in total. The molecule has 0 heterocycles. The predicted octanol–water partition coefficient (Wildman–Crippen LogP) is 4.71. The maximum atomic E-state index is 11.7. The first-order valence-corrected chi connectivity index (χ1v) is 7.93. The molecule has 23 heavy (non-hydrogen) atoms. The van der Waals surface area contributed by atoms with E-state index in [1.165, 1.54) is 32.7 Å². The van der Waals surface area contributed by atoms with Crippen LogP contribution in [0.5, 0.6) is 0 Å². The van der Waals surface area contributed by atoms with Gasteiger partial charge in [0, 0.05) is 5.57 Å². The van der Waals surface area contributed by atoms with Gasteiger partial charge in [-0.1, -0.05) is 49.0 Å². The van der Waals surface area contributed by atoms with Crippen LogP contribution in [0.15, 0.2) is 54.6 Å². The lowest BCUT2D eigenvalue weighted by atomic mass is 9.85. The number of hydrogen-bond donors (Lipinski definition) is 0. The van der Waals surface area contributed by atoms with Gasteiger partial charge in [0.25, 0.3) is 0 Å². The van der Waals surface area contributed by atoms with Crippen molar-refractivity contribution in [3.63, 3.8) is 0 Å². The van der Waals surface area contributed by atoms with Gasteiger partial charge in [-0.15, -0.1) is 0 Å². The van der Waals surface area contributed by atoms with Gasteiger partial charge >= 0.3 is 5.97 Å². The molecule has 0 radical (unpaired) electrons. The van der Waals surface area contributed by atoms with Crippen molar-refractivity contribution < 1.29 is 9.53 Å². The Bertz CT molecular complexity index is 966. The summed E-state index contributed by atoms with van der Waals surface area (Å²) in [5.41, 5.74) is 4.28. The summed E-state index contributed by atoms with van der Waals surface area (Å²) in [5, 5.41) is 5.16. The van der Waals surface area contributed by atoms with Crippen LogP contribution in [0.3, 0.4) is 0 Å². The maximum Gasteiger partial charge on any atom is 0.333 e. The zero-order valence-electron chi connectivity index (χ0n) is 13.2. The molecular weight excluding hydrogens is 284 g/mol. The van der Waals surface area contributed by atoms with E-state index in [1.54, 1.807) is 6.92 Å². The minimum atomic E-state index is -0.337. The maximum absolute atomic E-state index is 11.7. The van der Waals surface area contributed by atoms with Gasteiger partial charge in [0.15, 0.2) is 0 Å². The minimum absolute atomic E-state index is 0.288. The molecule has 0 saturated carbocycles. The van der Waals surface area contributed by atoms with Crippen LogP contribution in [0.2, 0.25) is 0 Å². The highest BCUT2D eigenvalue weighted by molar-refractivity contribution is 6.12. The minimum Gasteiger partial charge on any atom is -0.457 e. The quantitative estimate of drug-likeness (QED) is 0.398. The summed E-state index contributed by atoms with van der Waals surface area (Å²) in [5.74, 6) is -0.337. The number of benzene rings is 3. The van der Waals surface area contributed by atoms with Crippen molar-refractivity contribution in [2.45, 2.75) is 26.4 Å². The zero-order valence-corrected chi connectivity index (χ0v) is 13.2. The lowest BCUT2D eigenvalue weighted by Gasteiger charge is -2.20. The summed E-state index contributed by atoms with van der Waals surface area (Å²) in [7, 11) is 0. The van der Waals surface area contributed by atoms with Crippen molar-refractivity contribution in [3.8, 4) is 0 Å². The molecule has 3 aromatic carbocycles. The lowest BCUT2D eigenvalue weighted by Crippen LogP contribution is -2.07. The smallest absolute Gasteiger partial charge is 0.333 e. The lowest BCUT2D eigenvalue weighted by molar-refractivity contribution is -0.140. The van der Waals surface area contributed by atoms with Gasteiger partial charge in [-0.05, 0) is 58.0 Å². The molecule has 0 amide bonds. The fraction of sp³-hybridized carbons (Fsp3) is 0.190. The van der Waals surface area contributed by atoms with Crippen LogP contribution < -0.4 is 0 Å². The standard InChI is InChI=1S/C21H18O2/c1-13(2)21(22)23-12-17-9-8-16-7-6-14-4-3-5-15-10-11-18(17)20(16)19(14)15/h3-5,8-11H,1,6-7,12H2,2H3. The van der Waals surface area contributed by atoms with Gasteiger partial charge in [0.05, 0.1) is 0 Å². The van der Waals surface area contributed by atoms with Crippen LogP contribution in [0.1, 0.15) is 23.6 Å². The molecule has 0 aliphatic heterocycles. The Labute approximate surface area is 135 Å². The van der Waals surface area contributed by atoms with E-state index in [2.05, 4.69) is 49.0 Å². The van der Waals surface area contributed by atoms with Gasteiger partial charge in [-0.2, -0.15) is 0 Å². The van der Waals surface area contributed by atoms with Crippen LogP contribution in [0.25, 0.3) is 21.5 Å². The molecule has 2 heteroatoms. The Morgan fingerprint density at radius 2 is 1.83 bits per heavy atom. The topological polar surface area (TPSA) is 26.3 Å². The van der Waals surface area contributed by atoms with Crippen molar-refractivity contribution >= 4 is 27.5 Å². The van der Waals surface area contributed by atoms with E-state index in [4.69, 9.17) is 4.74 Å². The average molecular weight is 302 g/mol. The van der Waals surface area contributed by atoms with Gasteiger partial charge < -0.3 is 4.74 Å². The molecule has 114 valence electrons. The van der Waals surface area contributed by atoms with Crippen molar-refractivity contribution in [1.82, 2.24) is 0 Å². The molecule has 0 aromatic heterocycles. The highest BCUT2D eigenvalue weighted by atomic mass is 16.5. The van der Waals surface area contributed by atoms with Crippen LogP contribution in [-0.2, 0) is 29.0 Å². The molecular formula is C21H18O2. The van der Waals surface area contributed by atoms with E-state index in [0.29, 0.717) is 5.57 Å². The molecule has 1 aliphatic carbocycles. The molecule has 0 atom stereocenters. The van der Waals surface area contributed by atoms with Crippen molar-refractivity contribution in [2.24, 2.45) is 0 Å². The van der Waals surface area contributed by atoms with E-state index >= 15 is 0 Å². The Balaban J connectivity index is 1.89. The van der Waals surface area contributed by atoms with Gasteiger partial charge in [-0.25, -0.2) is 4.79 Å². The summed E-state index contributed by atoms with van der Waals surface area (Å²) in [6.45, 7) is 5.59. The number of hydrogen-bond acceptors (Lipinski definition) is 2. The molecule has 0 bridgehead atoms. The van der Waals surface area contributed by atoms with Gasteiger partial charge in [0.2, 0.25) is 0 Å². The molecule has 0 fully saturated rings. The molecule has 4 rings (SSSR count). The number of carbonyl (C=O) groups excluding carboxylic acids is 1. The van der Waals surface area contributed by atoms with Gasteiger partial charge in [-0.3, -0.25) is 0 Å². The Kier molecular flexibility index (Phi) is 3.19. The van der Waals surface area contributed by atoms with Crippen molar-refractivity contribution in [1.29, 1.82) is 0 Å². The highest BCUT2D eigenvalue weighted by Gasteiger charge is 2.17. The number of aryl methyl sites for hydroxylation is 2. The third-order valence-electron chi connectivity index (χ3n) is 4.66. The molecule has 3 aromatic rings. The predicted molar refractivity (Wildman–Crippen MR) is 93.5 cm³/mol. The van der Waals surface area contributed by atoms with Crippen LogP contribution in [0, 0.1) is 0 Å². The first-order chi connectivity index (χ1) is 11.1. The largest absolute Gasteiger partial charge is 0.457 e. The Hall–Kier alpha value is -2.61. The first kappa shape index (κ1) is 14.0. The summed E-state index contributed by atoms with van der Waals surface area (Å²) < 4.78 is 5.36. The average Bonchev–Trinajstić information content (AvgIpc) is 2.58. The number of ether oxygens (including phenoxy) is 1. The molecule has 1 aliphatic rings. The fourth-order valence-electron chi connectivity index (χ4n) is 3.51. The number of carbonyl (C=O) groups is 1. The third-order valence-corrected chi connectivity index (χ3v) is 4.66.